The molecule has 2 heterocycles. The highest BCUT2D eigenvalue weighted by molar-refractivity contribution is 6.31. The monoisotopic (exact) mass is 364 g/mol. The third-order valence-electron chi connectivity index (χ3n) is 5.33. The highest BCUT2D eigenvalue weighted by Crippen LogP contribution is 2.25. The Hall–Kier alpha value is -2.03. The van der Waals surface area contributed by atoms with Gasteiger partial charge in [-0.2, -0.15) is 0 Å². The summed E-state index contributed by atoms with van der Waals surface area (Å²) in [6, 6.07) is 17.0. The molecule has 0 saturated carbocycles. The van der Waals surface area contributed by atoms with Crippen molar-refractivity contribution in [1.29, 1.82) is 0 Å². The van der Waals surface area contributed by atoms with Gasteiger partial charge < -0.3 is 4.98 Å². The van der Waals surface area contributed by atoms with Crippen LogP contribution in [0.1, 0.15) is 30.4 Å². The minimum absolute atomic E-state index is 0.824. The second kappa shape index (κ2) is 8.11. The molecular weight excluding hydrogens is 340 g/mol. The third kappa shape index (κ3) is 4.03. The number of H-pyrrole nitrogens is 1. The lowest BCUT2D eigenvalue weighted by molar-refractivity contribution is 0.295. The summed E-state index contributed by atoms with van der Waals surface area (Å²) in [5.41, 5.74) is 5.38. The molecule has 0 spiro atoms. The zero-order chi connectivity index (χ0) is 17.8. The van der Waals surface area contributed by atoms with Gasteiger partial charge in [-0.05, 0) is 67.1 Å². The van der Waals surface area contributed by atoms with E-state index in [0.29, 0.717) is 0 Å². The molecule has 26 heavy (non-hydrogen) atoms. The number of hydrogen-bond donors (Lipinski definition) is 1. The second-order valence-corrected chi connectivity index (χ2v) is 7.54. The standard InChI is InChI=1S/C23H25ClN2/c24-21-16-20(22-9-12-25-23(22)17-21)8-4-5-13-26-14-10-19(11-15-26)18-6-2-1-3-7-18/h1-3,6-7,9-10,12,16-17,25H,4-5,8,11,13-15H2. The van der Waals surface area contributed by atoms with Crippen molar-refractivity contribution < 1.29 is 0 Å². The fourth-order valence-electron chi connectivity index (χ4n) is 3.89. The van der Waals surface area contributed by atoms with Crippen LogP contribution in [0.15, 0.2) is 60.8 Å². The Bertz CT molecular complexity index is 895. The number of benzene rings is 2. The summed E-state index contributed by atoms with van der Waals surface area (Å²) in [5.74, 6) is 0. The van der Waals surface area contributed by atoms with Gasteiger partial charge in [0.2, 0.25) is 0 Å². The van der Waals surface area contributed by atoms with Gasteiger partial charge in [0, 0.05) is 35.2 Å². The van der Waals surface area contributed by atoms with E-state index in [9.17, 15) is 0 Å². The minimum atomic E-state index is 0.824. The summed E-state index contributed by atoms with van der Waals surface area (Å²) in [5, 5.41) is 2.13. The number of nitrogens with one attached hydrogen (secondary N) is 1. The Morgan fingerprint density at radius 1 is 1.04 bits per heavy atom. The number of fused-ring (bicyclic) bond motifs is 1. The molecule has 0 bridgehead atoms. The van der Waals surface area contributed by atoms with E-state index < -0.39 is 0 Å². The van der Waals surface area contributed by atoms with Crippen LogP contribution in [0.25, 0.3) is 16.5 Å². The molecule has 0 amide bonds. The lowest BCUT2D eigenvalue weighted by Crippen LogP contribution is -2.29. The van der Waals surface area contributed by atoms with Crippen molar-refractivity contribution in [3.05, 3.63) is 77.0 Å². The molecule has 0 fully saturated rings. The molecule has 2 nitrogen and oxygen atoms in total. The molecule has 1 aliphatic heterocycles. The van der Waals surface area contributed by atoms with Crippen molar-refractivity contribution in [3.8, 4) is 0 Å². The lowest BCUT2D eigenvalue weighted by Gasteiger charge is -2.26. The molecule has 4 rings (SSSR count). The molecule has 0 saturated heterocycles. The first-order valence-electron chi connectivity index (χ1n) is 9.52. The quantitative estimate of drug-likeness (QED) is 0.537. The number of aromatic amines is 1. The fourth-order valence-corrected chi connectivity index (χ4v) is 4.13. The fraction of sp³-hybridized carbons (Fsp3) is 0.304. The van der Waals surface area contributed by atoms with E-state index in [0.717, 1.165) is 29.9 Å². The smallest absolute Gasteiger partial charge is 0.0471 e. The lowest BCUT2D eigenvalue weighted by atomic mass is 9.99. The van der Waals surface area contributed by atoms with E-state index in [2.05, 4.69) is 58.4 Å². The first kappa shape index (κ1) is 17.4. The first-order chi connectivity index (χ1) is 12.8. The molecule has 1 aliphatic rings. The third-order valence-corrected chi connectivity index (χ3v) is 5.55. The van der Waals surface area contributed by atoms with Gasteiger partial charge in [0.05, 0.1) is 0 Å². The molecule has 134 valence electrons. The number of aromatic nitrogens is 1. The van der Waals surface area contributed by atoms with E-state index in [1.165, 1.54) is 48.0 Å². The molecule has 0 radical (unpaired) electrons. The predicted octanol–water partition coefficient (Wildman–Crippen LogP) is 5.93. The number of unbranched alkanes of at least 4 members (excludes halogenated alkanes) is 1. The van der Waals surface area contributed by atoms with Gasteiger partial charge in [0.1, 0.15) is 0 Å². The molecule has 3 aromatic rings. The van der Waals surface area contributed by atoms with Crippen LogP contribution in [-0.2, 0) is 6.42 Å². The Labute approximate surface area is 160 Å². The molecule has 0 unspecified atom stereocenters. The van der Waals surface area contributed by atoms with Crippen molar-refractivity contribution in [2.45, 2.75) is 25.7 Å². The largest absolute Gasteiger partial charge is 0.361 e. The maximum absolute atomic E-state index is 6.24. The first-order valence-corrected chi connectivity index (χ1v) is 9.90. The molecule has 1 aromatic heterocycles. The highest BCUT2D eigenvalue weighted by Gasteiger charge is 2.12. The molecule has 2 aromatic carbocycles. The van der Waals surface area contributed by atoms with Crippen LogP contribution in [0.5, 0.6) is 0 Å². The van der Waals surface area contributed by atoms with E-state index in [4.69, 9.17) is 11.6 Å². The molecular formula is C23H25ClN2. The number of aryl methyl sites for hydroxylation is 1. The van der Waals surface area contributed by atoms with Crippen molar-refractivity contribution in [2.24, 2.45) is 0 Å². The van der Waals surface area contributed by atoms with Gasteiger partial charge in [0.15, 0.2) is 0 Å². The van der Waals surface area contributed by atoms with Gasteiger partial charge in [-0.25, -0.2) is 0 Å². The van der Waals surface area contributed by atoms with Crippen LogP contribution in [-0.4, -0.2) is 29.5 Å². The summed E-state index contributed by atoms with van der Waals surface area (Å²) in [4.78, 5) is 5.83. The number of nitrogens with zero attached hydrogens (tertiary/aromatic N) is 1. The van der Waals surface area contributed by atoms with Gasteiger partial charge in [-0.15, -0.1) is 0 Å². The van der Waals surface area contributed by atoms with Crippen LogP contribution in [0, 0.1) is 0 Å². The van der Waals surface area contributed by atoms with Crippen LogP contribution in [0.2, 0.25) is 5.02 Å². The number of hydrogen-bond acceptors (Lipinski definition) is 1. The molecule has 0 aliphatic carbocycles. The van der Waals surface area contributed by atoms with Crippen LogP contribution in [0.3, 0.4) is 0 Å². The molecule has 0 atom stereocenters. The van der Waals surface area contributed by atoms with E-state index >= 15 is 0 Å². The number of rotatable bonds is 6. The van der Waals surface area contributed by atoms with Gasteiger partial charge in [-0.3, -0.25) is 4.90 Å². The summed E-state index contributed by atoms with van der Waals surface area (Å²) >= 11 is 6.24. The predicted molar refractivity (Wildman–Crippen MR) is 112 cm³/mol. The maximum atomic E-state index is 6.24. The van der Waals surface area contributed by atoms with E-state index in [-0.39, 0.29) is 0 Å². The molecule has 1 N–H and O–H groups in total. The second-order valence-electron chi connectivity index (χ2n) is 7.11. The highest BCUT2D eigenvalue weighted by atomic mass is 35.5. The topological polar surface area (TPSA) is 19.0 Å². The summed E-state index contributed by atoms with van der Waals surface area (Å²) < 4.78 is 0. The van der Waals surface area contributed by atoms with E-state index in [1.54, 1.807) is 0 Å². The summed E-state index contributed by atoms with van der Waals surface area (Å²) in [6.45, 7) is 3.42. The van der Waals surface area contributed by atoms with Crippen molar-refractivity contribution in [2.75, 3.05) is 19.6 Å². The van der Waals surface area contributed by atoms with Gasteiger partial charge in [-0.1, -0.05) is 48.0 Å². The molecule has 3 heteroatoms. The zero-order valence-electron chi connectivity index (χ0n) is 15.0. The van der Waals surface area contributed by atoms with Crippen LogP contribution < -0.4 is 0 Å². The van der Waals surface area contributed by atoms with Crippen molar-refractivity contribution in [1.82, 2.24) is 9.88 Å². The summed E-state index contributed by atoms with van der Waals surface area (Å²) in [6.07, 6.45) is 9.07. The van der Waals surface area contributed by atoms with Crippen molar-refractivity contribution >= 4 is 28.1 Å². The average Bonchev–Trinajstić information content (AvgIpc) is 3.15. The Balaban J connectivity index is 1.27. The number of halogens is 1. The Morgan fingerprint density at radius 3 is 2.73 bits per heavy atom. The maximum Gasteiger partial charge on any atom is 0.0471 e. The van der Waals surface area contributed by atoms with Crippen LogP contribution >= 0.6 is 11.6 Å². The SMILES string of the molecule is Clc1cc(CCCCN2CC=C(c3ccccc3)CC2)c2cc[nH]c2c1. The summed E-state index contributed by atoms with van der Waals surface area (Å²) in [7, 11) is 0. The van der Waals surface area contributed by atoms with Crippen molar-refractivity contribution in [3.63, 3.8) is 0 Å². The average molecular weight is 365 g/mol. The zero-order valence-corrected chi connectivity index (χ0v) is 15.8. The van der Waals surface area contributed by atoms with Crippen LogP contribution in [0.4, 0.5) is 0 Å². The van der Waals surface area contributed by atoms with Gasteiger partial charge >= 0.3 is 0 Å². The van der Waals surface area contributed by atoms with Gasteiger partial charge in [0.25, 0.3) is 0 Å². The minimum Gasteiger partial charge on any atom is -0.361 e. The van der Waals surface area contributed by atoms with E-state index in [1.807, 2.05) is 12.3 Å². The Kier molecular flexibility index (Phi) is 5.42. The normalized spacial score (nSPS) is 15.3. The Morgan fingerprint density at radius 2 is 1.92 bits per heavy atom.